The quantitative estimate of drug-likeness (QED) is 0.791. The van der Waals surface area contributed by atoms with Gasteiger partial charge in [-0.1, -0.05) is 51.1 Å². The Balaban J connectivity index is 2.30. The zero-order valence-corrected chi connectivity index (χ0v) is 11.4. The topological polar surface area (TPSA) is 29.1 Å². The number of carbonyl (C=O) groups is 1. The number of hydrogen-bond donors (Lipinski definition) is 1. The molecule has 1 rings (SSSR count). The highest BCUT2D eigenvalue weighted by atomic mass is 79.9. The van der Waals surface area contributed by atoms with Crippen LogP contribution in [0.25, 0.3) is 0 Å². The van der Waals surface area contributed by atoms with Gasteiger partial charge in [0.25, 0.3) is 0 Å². The smallest absolute Gasteiger partial charge is 0.225 e. The number of amides is 1. The zero-order chi connectivity index (χ0) is 10.4. The Hall–Kier alpha value is 0.430. The highest BCUT2D eigenvalue weighted by molar-refractivity contribution is 9.09. The molecule has 0 atom stereocenters. The van der Waals surface area contributed by atoms with E-state index in [4.69, 9.17) is 0 Å². The average Bonchev–Trinajstić information content (AvgIpc) is 2.21. The molecule has 0 aromatic rings. The predicted molar refractivity (Wildman–Crippen MR) is 66.1 cm³/mol. The highest BCUT2D eigenvalue weighted by Gasteiger charge is 2.20. The summed E-state index contributed by atoms with van der Waals surface area (Å²) in [5.74, 6) is 0.252. The Bertz CT molecular complexity index is 177. The molecule has 1 N–H and O–H groups in total. The van der Waals surface area contributed by atoms with E-state index >= 15 is 0 Å². The number of rotatable bonds is 4. The second-order valence-corrected chi connectivity index (χ2v) is 5.14. The minimum atomic E-state index is 0.0666. The Morgan fingerprint density at radius 3 is 2.29 bits per heavy atom. The molecule has 1 saturated carbocycles. The van der Waals surface area contributed by atoms with Crippen LogP contribution in [0.15, 0.2) is 0 Å². The fourth-order valence-electron chi connectivity index (χ4n) is 1.75. The summed E-state index contributed by atoms with van der Waals surface area (Å²) in [6.45, 7) is 0. The third-order valence-corrected chi connectivity index (χ3v) is 4.26. The molecule has 4 heteroatoms. The summed E-state index contributed by atoms with van der Waals surface area (Å²) < 4.78 is 0. The van der Waals surface area contributed by atoms with E-state index in [0.29, 0.717) is 6.04 Å². The lowest BCUT2D eigenvalue weighted by molar-refractivity contribution is -0.124. The summed E-state index contributed by atoms with van der Waals surface area (Å²) in [5.41, 5.74) is 0. The van der Waals surface area contributed by atoms with Crippen LogP contribution in [-0.2, 0) is 4.79 Å². The van der Waals surface area contributed by atoms with E-state index in [1.807, 2.05) is 0 Å². The van der Waals surface area contributed by atoms with E-state index in [2.05, 4.69) is 37.2 Å². The summed E-state index contributed by atoms with van der Waals surface area (Å²) in [7, 11) is 0. The molecule has 1 aliphatic carbocycles. The van der Waals surface area contributed by atoms with Crippen LogP contribution in [-0.4, -0.2) is 22.6 Å². The van der Waals surface area contributed by atoms with Gasteiger partial charge in [-0.3, -0.25) is 4.79 Å². The van der Waals surface area contributed by atoms with Crippen molar-refractivity contribution in [3.63, 3.8) is 0 Å². The van der Waals surface area contributed by atoms with Crippen LogP contribution in [0.4, 0.5) is 0 Å². The Morgan fingerprint density at radius 1 is 1.21 bits per heavy atom. The Kier molecular flexibility index (Phi) is 6.10. The minimum Gasteiger partial charge on any atom is -0.353 e. The van der Waals surface area contributed by atoms with Crippen molar-refractivity contribution in [2.45, 2.75) is 38.1 Å². The maximum absolute atomic E-state index is 11.7. The summed E-state index contributed by atoms with van der Waals surface area (Å²) in [6.07, 6.45) is 6.16. The van der Waals surface area contributed by atoms with Gasteiger partial charge >= 0.3 is 0 Å². The molecule has 0 bridgehead atoms. The summed E-state index contributed by atoms with van der Waals surface area (Å²) in [5, 5.41) is 4.59. The van der Waals surface area contributed by atoms with Crippen molar-refractivity contribution in [2.24, 2.45) is 5.92 Å². The van der Waals surface area contributed by atoms with Crippen LogP contribution in [0.1, 0.15) is 32.1 Å². The number of carbonyl (C=O) groups excluding carboxylic acids is 1. The van der Waals surface area contributed by atoms with Crippen molar-refractivity contribution in [3.05, 3.63) is 0 Å². The number of nitrogens with one attached hydrogen (secondary N) is 1. The van der Waals surface area contributed by atoms with Crippen molar-refractivity contribution in [2.75, 3.05) is 10.7 Å². The molecule has 1 amide bonds. The molecular weight excluding hydrogens is 310 g/mol. The first-order valence-electron chi connectivity index (χ1n) is 5.20. The minimum absolute atomic E-state index is 0.0666. The maximum atomic E-state index is 11.7. The summed E-state index contributed by atoms with van der Waals surface area (Å²) >= 11 is 6.70. The second-order valence-electron chi connectivity index (χ2n) is 3.85. The number of hydrogen-bond acceptors (Lipinski definition) is 1. The fourth-order valence-corrected chi connectivity index (χ4v) is 3.41. The van der Waals surface area contributed by atoms with E-state index in [9.17, 15) is 4.79 Å². The zero-order valence-electron chi connectivity index (χ0n) is 8.27. The van der Waals surface area contributed by atoms with Crippen LogP contribution < -0.4 is 5.32 Å². The standard InChI is InChI=1S/C10H17Br2NO/c11-6-8(7-12)10(14)13-9-4-2-1-3-5-9/h8-9H,1-7H2,(H,13,14). The maximum Gasteiger partial charge on any atom is 0.225 e. The van der Waals surface area contributed by atoms with Crippen molar-refractivity contribution in [1.29, 1.82) is 0 Å². The van der Waals surface area contributed by atoms with Crippen molar-refractivity contribution in [3.8, 4) is 0 Å². The second kappa shape index (κ2) is 6.83. The lowest BCUT2D eigenvalue weighted by atomic mass is 9.95. The lowest BCUT2D eigenvalue weighted by Gasteiger charge is -2.24. The van der Waals surface area contributed by atoms with Crippen LogP contribution in [0.2, 0.25) is 0 Å². The largest absolute Gasteiger partial charge is 0.353 e. The molecular formula is C10H17Br2NO. The van der Waals surface area contributed by atoms with Gasteiger partial charge in [0.05, 0.1) is 5.92 Å². The summed E-state index contributed by atoms with van der Waals surface area (Å²) in [4.78, 5) is 11.7. The van der Waals surface area contributed by atoms with E-state index in [-0.39, 0.29) is 11.8 Å². The first-order chi connectivity index (χ1) is 6.77. The molecule has 14 heavy (non-hydrogen) atoms. The normalized spacial score (nSPS) is 18.5. The van der Waals surface area contributed by atoms with Crippen LogP contribution >= 0.6 is 31.9 Å². The highest BCUT2D eigenvalue weighted by Crippen LogP contribution is 2.18. The van der Waals surface area contributed by atoms with Gasteiger partial charge in [-0.25, -0.2) is 0 Å². The van der Waals surface area contributed by atoms with Gasteiger partial charge in [0, 0.05) is 16.7 Å². The molecule has 0 radical (unpaired) electrons. The summed E-state index contributed by atoms with van der Waals surface area (Å²) in [6, 6.07) is 0.428. The predicted octanol–water partition coefficient (Wildman–Crippen LogP) is 2.84. The van der Waals surface area contributed by atoms with Gasteiger partial charge in [0.2, 0.25) is 5.91 Å². The van der Waals surface area contributed by atoms with Gasteiger partial charge in [0.1, 0.15) is 0 Å². The van der Waals surface area contributed by atoms with E-state index < -0.39 is 0 Å². The van der Waals surface area contributed by atoms with Crippen molar-refractivity contribution < 1.29 is 4.79 Å². The molecule has 0 unspecified atom stereocenters. The van der Waals surface area contributed by atoms with E-state index in [1.54, 1.807) is 0 Å². The number of alkyl halides is 2. The third kappa shape index (κ3) is 3.89. The molecule has 0 aromatic carbocycles. The average molecular weight is 327 g/mol. The van der Waals surface area contributed by atoms with E-state index in [1.165, 1.54) is 19.3 Å². The van der Waals surface area contributed by atoms with Crippen molar-refractivity contribution >= 4 is 37.8 Å². The van der Waals surface area contributed by atoms with Gasteiger partial charge < -0.3 is 5.32 Å². The van der Waals surface area contributed by atoms with Gasteiger partial charge in [-0.15, -0.1) is 0 Å². The number of halogens is 2. The monoisotopic (exact) mass is 325 g/mol. The molecule has 2 nitrogen and oxygen atoms in total. The SMILES string of the molecule is O=C(NC1CCCCC1)C(CBr)CBr. The molecule has 1 fully saturated rings. The third-order valence-electron chi connectivity index (χ3n) is 2.69. The molecule has 0 spiro atoms. The van der Waals surface area contributed by atoms with Crippen LogP contribution in [0, 0.1) is 5.92 Å². The van der Waals surface area contributed by atoms with Crippen LogP contribution in [0.5, 0.6) is 0 Å². The first kappa shape index (κ1) is 12.5. The molecule has 82 valence electrons. The van der Waals surface area contributed by atoms with E-state index in [0.717, 1.165) is 23.5 Å². The molecule has 0 saturated heterocycles. The lowest BCUT2D eigenvalue weighted by Crippen LogP contribution is -2.40. The van der Waals surface area contributed by atoms with Gasteiger partial charge in [0.15, 0.2) is 0 Å². The van der Waals surface area contributed by atoms with Crippen molar-refractivity contribution in [1.82, 2.24) is 5.32 Å². The first-order valence-corrected chi connectivity index (χ1v) is 7.44. The molecule has 0 heterocycles. The van der Waals surface area contributed by atoms with Crippen LogP contribution in [0.3, 0.4) is 0 Å². The fraction of sp³-hybridized carbons (Fsp3) is 0.900. The van der Waals surface area contributed by atoms with Gasteiger partial charge in [-0.05, 0) is 12.8 Å². The molecule has 1 aliphatic rings. The molecule has 0 aromatic heterocycles. The Morgan fingerprint density at radius 2 is 1.79 bits per heavy atom. The molecule has 0 aliphatic heterocycles. The Labute approximate surface area is 102 Å². The van der Waals surface area contributed by atoms with Gasteiger partial charge in [-0.2, -0.15) is 0 Å².